The molecule has 0 aromatic heterocycles. The molecule has 0 bridgehead atoms. The van der Waals surface area contributed by atoms with Gasteiger partial charge in [0, 0.05) is 17.6 Å². The highest BCUT2D eigenvalue weighted by molar-refractivity contribution is 9.10. The molecule has 0 radical (unpaired) electrons. The van der Waals surface area contributed by atoms with Crippen LogP contribution in [0.4, 0.5) is 4.79 Å². The summed E-state index contributed by atoms with van der Waals surface area (Å²) in [5, 5.41) is 9.54. The Kier molecular flexibility index (Phi) is 5.12. The lowest BCUT2D eigenvalue weighted by Gasteiger charge is -2.25. The van der Waals surface area contributed by atoms with Crippen LogP contribution in [-0.2, 0) is 4.74 Å². The van der Waals surface area contributed by atoms with Gasteiger partial charge in [-0.05, 0) is 50.8 Å². The maximum atomic E-state index is 12.1. The Morgan fingerprint density at radius 3 is 2.82 bits per heavy atom. The Morgan fingerprint density at radius 1 is 1.50 bits per heavy atom. The van der Waals surface area contributed by atoms with Crippen molar-refractivity contribution in [3.8, 4) is 6.07 Å². The van der Waals surface area contributed by atoms with Crippen molar-refractivity contribution >= 4 is 22.0 Å². The summed E-state index contributed by atoms with van der Waals surface area (Å²) in [6.45, 7) is 6.79. The fourth-order valence-electron chi connectivity index (χ4n) is 2.70. The summed E-state index contributed by atoms with van der Waals surface area (Å²) < 4.78 is 6.37. The zero-order valence-corrected chi connectivity index (χ0v) is 14.8. The van der Waals surface area contributed by atoms with Gasteiger partial charge in [-0.1, -0.05) is 28.1 Å². The summed E-state index contributed by atoms with van der Waals surface area (Å²) >= 11 is 3.44. The molecule has 5 heteroatoms. The van der Waals surface area contributed by atoms with Gasteiger partial charge in [-0.3, -0.25) is 0 Å². The second kappa shape index (κ2) is 6.70. The van der Waals surface area contributed by atoms with Crippen LogP contribution >= 0.6 is 15.9 Å². The van der Waals surface area contributed by atoms with Gasteiger partial charge in [0.15, 0.2) is 0 Å². The first-order valence-corrected chi connectivity index (χ1v) is 8.22. The zero-order chi connectivity index (χ0) is 16.3. The van der Waals surface area contributed by atoms with Crippen LogP contribution < -0.4 is 0 Å². The van der Waals surface area contributed by atoms with Gasteiger partial charge in [-0.25, -0.2) is 4.79 Å². The van der Waals surface area contributed by atoms with Crippen molar-refractivity contribution < 1.29 is 9.53 Å². The third kappa shape index (κ3) is 4.23. The lowest BCUT2D eigenvalue weighted by Crippen LogP contribution is -2.35. The second-order valence-electron chi connectivity index (χ2n) is 6.64. The Hall–Kier alpha value is -1.54. The minimum atomic E-state index is -0.492. The number of ether oxygens (including phenoxy) is 1. The smallest absolute Gasteiger partial charge is 0.410 e. The van der Waals surface area contributed by atoms with Gasteiger partial charge in [-0.2, -0.15) is 5.26 Å². The van der Waals surface area contributed by atoms with E-state index in [1.165, 1.54) is 0 Å². The van der Waals surface area contributed by atoms with E-state index in [0.717, 1.165) is 16.5 Å². The van der Waals surface area contributed by atoms with Gasteiger partial charge in [0.1, 0.15) is 5.60 Å². The molecule has 2 atom stereocenters. The molecule has 0 spiro atoms. The minimum absolute atomic E-state index is 0.145. The number of likely N-dealkylation sites (tertiary alicyclic amines) is 1. The third-order valence-corrected chi connectivity index (χ3v) is 4.19. The van der Waals surface area contributed by atoms with E-state index in [1.807, 2.05) is 45.0 Å². The van der Waals surface area contributed by atoms with E-state index in [-0.39, 0.29) is 17.9 Å². The maximum Gasteiger partial charge on any atom is 0.410 e. The predicted octanol–water partition coefficient (Wildman–Crippen LogP) is 4.31. The molecule has 1 aliphatic heterocycles. The van der Waals surface area contributed by atoms with Crippen LogP contribution in [0.3, 0.4) is 0 Å². The number of benzene rings is 1. The Bertz CT molecular complexity index is 589. The van der Waals surface area contributed by atoms with E-state index in [4.69, 9.17) is 4.74 Å². The molecule has 1 aromatic carbocycles. The molecule has 118 valence electrons. The molecule has 2 unspecified atom stereocenters. The SMILES string of the molecule is CC(C)(C)OC(=O)N1CCC(C(C#N)c2cccc(Br)c2)C1. The lowest BCUT2D eigenvalue weighted by molar-refractivity contribution is 0.0287. The first-order chi connectivity index (χ1) is 10.3. The van der Waals surface area contributed by atoms with E-state index in [1.54, 1.807) is 4.90 Å². The van der Waals surface area contributed by atoms with Crippen LogP contribution in [0.2, 0.25) is 0 Å². The standard InChI is InChI=1S/C17H21BrN2O2/c1-17(2,3)22-16(21)20-8-7-13(11-20)15(10-19)12-5-4-6-14(18)9-12/h4-6,9,13,15H,7-8,11H2,1-3H3. The highest BCUT2D eigenvalue weighted by Crippen LogP contribution is 2.33. The number of carbonyl (C=O) groups is 1. The Morgan fingerprint density at radius 2 is 2.23 bits per heavy atom. The van der Waals surface area contributed by atoms with Crippen molar-refractivity contribution in [3.05, 3.63) is 34.3 Å². The molecule has 2 rings (SSSR count). The summed E-state index contributed by atoms with van der Waals surface area (Å²) in [5.74, 6) is -0.0586. The number of nitriles is 1. The Labute approximate surface area is 140 Å². The molecular formula is C17H21BrN2O2. The highest BCUT2D eigenvalue weighted by atomic mass is 79.9. The van der Waals surface area contributed by atoms with Gasteiger partial charge >= 0.3 is 6.09 Å². The van der Waals surface area contributed by atoms with Crippen LogP contribution in [0.1, 0.15) is 38.7 Å². The molecular weight excluding hydrogens is 344 g/mol. The molecule has 4 nitrogen and oxygen atoms in total. The molecule has 1 aromatic rings. The van der Waals surface area contributed by atoms with Crippen molar-refractivity contribution in [1.29, 1.82) is 5.26 Å². The highest BCUT2D eigenvalue weighted by Gasteiger charge is 2.34. The van der Waals surface area contributed by atoms with Crippen molar-refractivity contribution in [1.82, 2.24) is 4.90 Å². The average Bonchev–Trinajstić information content (AvgIpc) is 2.87. The van der Waals surface area contributed by atoms with Crippen molar-refractivity contribution in [2.24, 2.45) is 5.92 Å². The summed E-state index contributed by atoms with van der Waals surface area (Å²) in [7, 11) is 0. The topological polar surface area (TPSA) is 53.3 Å². The molecule has 0 N–H and O–H groups in total. The molecule has 1 fully saturated rings. The Balaban J connectivity index is 2.05. The van der Waals surface area contributed by atoms with Gasteiger partial charge < -0.3 is 9.64 Å². The molecule has 1 amide bonds. The summed E-state index contributed by atoms with van der Waals surface area (Å²) in [4.78, 5) is 13.8. The van der Waals surface area contributed by atoms with Crippen molar-refractivity contribution in [2.45, 2.75) is 38.7 Å². The fourth-order valence-corrected chi connectivity index (χ4v) is 3.12. The normalized spacial score (nSPS) is 19.6. The van der Waals surface area contributed by atoms with Gasteiger partial charge in [0.05, 0.1) is 12.0 Å². The molecule has 1 saturated heterocycles. The van der Waals surface area contributed by atoms with E-state index in [9.17, 15) is 10.1 Å². The number of hydrogen-bond acceptors (Lipinski definition) is 3. The number of hydrogen-bond donors (Lipinski definition) is 0. The van der Waals surface area contributed by atoms with E-state index in [2.05, 4.69) is 22.0 Å². The van der Waals surface area contributed by atoms with E-state index in [0.29, 0.717) is 13.1 Å². The number of carbonyl (C=O) groups excluding carboxylic acids is 1. The second-order valence-corrected chi connectivity index (χ2v) is 7.55. The summed E-state index contributed by atoms with van der Waals surface area (Å²) in [6.07, 6.45) is 0.533. The number of amides is 1. The zero-order valence-electron chi connectivity index (χ0n) is 13.2. The van der Waals surface area contributed by atoms with Crippen molar-refractivity contribution in [3.63, 3.8) is 0 Å². The fraction of sp³-hybridized carbons (Fsp3) is 0.529. The lowest BCUT2D eigenvalue weighted by atomic mass is 9.86. The predicted molar refractivity (Wildman–Crippen MR) is 88.4 cm³/mol. The van der Waals surface area contributed by atoms with Crippen LogP contribution in [-0.4, -0.2) is 29.7 Å². The van der Waals surface area contributed by atoms with Gasteiger partial charge in [0.25, 0.3) is 0 Å². The quantitative estimate of drug-likeness (QED) is 0.785. The molecule has 22 heavy (non-hydrogen) atoms. The first-order valence-electron chi connectivity index (χ1n) is 7.43. The summed E-state index contributed by atoms with van der Waals surface area (Å²) in [6, 6.07) is 10.2. The minimum Gasteiger partial charge on any atom is -0.444 e. The number of rotatable bonds is 2. The van der Waals surface area contributed by atoms with Crippen LogP contribution in [0.5, 0.6) is 0 Å². The van der Waals surface area contributed by atoms with E-state index >= 15 is 0 Å². The number of halogens is 1. The monoisotopic (exact) mass is 364 g/mol. The number of nitrogens with zero attached hydrogens (tertiary/aromatic N) is 2. The molecule has 1 aliphatic rings. The van der Waals surface area contributed by atoms with Crippen LogP contribution in [0.15, 0.2) is 28.7 Å². The average molecular weight is 365 g/mol. The third-order valence-electron chi connectivity index (χ3n) is 3.69. The van der Waals surface area contributed by atoms with Crippen molar-refractivity contribution in [2.75, 3.05) is 13.1 Å². The van der Waals surface area contributed by atoms with Gasteiger partial charge in [0.2, 0.25) is 0 Å². The first kappa shape index (κ1) is 16.8. The summed E-state index contributed by atoms with van der Waals surface area (Å²) in [5.41, 5.74) is 0.501. The molecule has 1 heterocycles. The van der Waals surface area contributed by atoms with Gasteiger partial charge in [-0.15, -0.1) is 0 Å². The largest absolute Gasteiger partial charge is 0.444 e. The van der Waals surface area contributed by atoms with Crippen LogP contribution in [0, 0.1) is 17.2 Å². The molecule has 0 saturated carbocycles. The van der Waals surface area contributed by atoms with E-state index < -0.39 is 5.60 Å². The maximum absolute atomic E-state index is 12.1. The van der Waals surface area contributed by atoms with Crippen LogP contribution in [0.25, 0.3) is 0 Å². The molecule has 0 aliphatic carbocycles.